The van der Waals surface area contributed by atoms with Gasteiger partial charge in [0.2, 0.25) is 5.91 Å². The first-order chi connectivity index (χ1) is 11.6. The summed E-state index contributed by atoms with van der Waals surface area (Å²) in [4.78, 5) is 16.3. The molecule has 0 radical (unpaired) electrons. The number of methoxy groups -OCH3 is 1. The van der Waals surface area contributed by atoms with Gasteiger partial charge in [-0.15, -0.1) is 11.3 Å². The van der Waals surface area contributed by atoms with Gasteiger partial charge in [0, 0.05) is 30.2 Å². The number of amides is 1. The molecule has 0 aliphatic rings. The molecule has 0 bridgehead atoms. The van der Waals surface area contributed by atoms with Crippen molar-refractivity contribution in [2.24, 2.45) is 0 Å². The van der Waals surface area contributed by atoms with Crippen LogP contribution >= 0.6 is 11.3 Å². The highest BCUT2D eigenvalue weighted by atomic mass is 32.1. The van der Waals surface area contributed by atoms with E-state index in [9.17, 15) is 4.79 Å². The lowest BCUT2D eigenvalue weighted by atomic mass is 10.2. The Balaban J connectivity index is 1.97. The fourth-order valence-electron chi connectivity index (χ4n) is 2.12. The minimum atomic E-state index is -0.163. The summed E-state index contributed by atoms with van der Waals surface area (Å²) < 4.78 is 10.8. The molecule has 1 unspecified atom stereocenters. The van der Waals surface area contributed by atoms with E-state index in [0.29, 0.717) is 13.2 Å². The van der Waals surface area contributed by atoms with E-state index in [1.165, 1.54) is 6.08 Å². The zero-order chi connectivity index (χ0) is 17.4. The lowest BCUT2D eigenvalue weighted by molar-refractivity contribution is -0.117. The number of rotatable bonds is 8. The van der Waals surface area contributed by atoms with Gasteiger partial charge in [0.25, 0.3) is 0 Å². The third-order valence-electron chi connectivity index (χ3n) is 3.18. The molecule has 128 valence electrons. The molecule has 1 aromatic carbocycles. The Bertz CT molecular complexity index is 697. The highest BCUT2D eigenvalue weighted by Gasteiger charge is 2.06. The number of thiazole rings is 1. The van der Waals surface area contributed by atoms with Crippen molar-refractivity contribution in [3.05, 3.63) is 52.0 Å². The van der Waals surface area contributed by atoms with Crippen molar-refractivity contribution in [2.45, 2.75) is 26.5 Å². The van der Waals surface area contributed by atoms with Crippen LogP contribution in [0.2, 0.25) is 0 Å². The van der Waals surface area contributed by atoms with Gasteiger partial charge in [-0.3, -0.25) is 4.79 Å². The van der Waals surface area contributed by atoms with Crippen LogP contribution in [-0.4, -0.2) is 30.6 Å². The minimum Gasteiger partial charge on any atom is -0.487 e. The number of aromatic nitrogens is 1. The van der Waals surface area contributed by atoms with E-state index in [4.69, 9.17) is 9.47 Å². The Labute approximate surface area is 146 Å². The molecule has 2 rings (SSSR count). The fourth-order valence-corrected chi connectivity index (χ4v) is 2.72. The second-order valence-electron chi connectivity index (χ2n) is 5.38. The number of nitrogens with one attached hydrogen (secondary N) is 1. The molecule has 6 heteroatoms. The van der Waals surface area contributed by atoms with Crippen molar-refractivity contribution in [1.82, 2.24) is 10.3 Å². The first-order valence-corrected chi connectivity index (χ1v) is 8.57. The van der Waals surface area contributed by atoms with Crippen LogP contribution in [0.5, 0.6) is 5.75 Å². The average Bonchev–Trinajstić information content (AvgIpc) is 2.97. The topological polar surface area (TPSA) is 60.5 Å². The van der Waals surface area contributed by atoms with Gasteiger partial charge in [-0.2, -0.15) is 0 Å². The van der Waals surface area contributed by atoms with Gasteiger partial charge in [0.15, 0.2) is 0 Å². The van der Waals surface area contributed by atoms with E-state index in [0.717, 1.165) is 22.0 Å². The summed E-state index contributed by atoms with van der Waals surface area (Å²) in [6.45, 7) is 4.74. The fraction of sp³-hybridized carbons (Fsp3) is 0.333. The molecule has 2 aromatic rings. The second-order valence-corrected chi connectivity index (χ2v) is 6.44. The number of carbonyl (C=O) groups is 1. The van der Waals surface area contributed by atoms with E-state index in [1.807, 2.05) is 43.5 Å². The number of hydrogen-bond acceptors (Lipinski definition) is 5. The van der Waals surface area contributed by atoms with Gasteiger partial charge >= 0.3 is 0 Å². The van der Waals surface area contributed by atoms with Gasteiger partial charge in [-0.1, -0.05) is 18.2 Å². The molecule has 0 aliphatic carbocycles. The number of nitrogens with zero attached hydrogens (tertiary/aromatic N) is 1. The minimum absolute atomic E-state index is 0.0356. The molecular weight excluding hydrogens is 324 g/mol. The molecule has 0 saturated carbocycles. The van der Waals surface area contributed by atoms with Crippen molar-refractivity contribution in [1.29, 1.82) is 0 Å². The lowest BCUT2D eigenvalue weighted by Crippen LogP contribution is -2.34. The standard InChI is InChI=1S/C18H22N2O3S/c1-13(10-22-3)19-18(21)9-8-15-6-4-5-7-17(15)23-11-16-12-24-14(2)20-16/h4-9,12-13H,10-11H2,1-3H3,(H,19,21)/b9-8+. The van der Waals surface area contributed by atoms with Crippen molar-refractivity contribution in [2.75, 3.05) is 13.7 Å². The summed E-state index contributed by atoms with van der Waals surface area (Å²) in [6.07, 6.45) is 3.25. The van der Waals surface area contributed by atoms with Gasteiger partial charge < -0.3 is 14.8 Å². The summed E-state index contributed by atoms with van der Waals surface area (Å²) in [5.41, 5.74) is 1.75. The molecular formula is C18H22N2O3S. The van der Waals surface area contributed by atoms with Gasteiger partial charge in [-0.05, 0) is 26.0 Å². The van der Waals surface area contributed by atoms with Crippen LogP contribution in [0.4, 0.5) is 0 Å². The Morgan fingerprint density at radius 1 is 1.42 bits per heavy atom. The SMILES string of the molecule is COCC(C)NC(=O)/C=C/c1ccccc1OCc1csc(C)n1. The number of ether oxygens (including phenoxy) is 2. The molecule has 1 amide bonds. The predicted molar refractivity (Wildman–Crippen MR) is 96.1 cm³/mol. The lowest BCUT2D eigenvalue weighted by Gasteiger charge is -2.11. The number of hydrogen-bond donors (Lipinski definition) is 1. The third kappa shape index (κ3) is 5.79. The summed E-state index contributed by atoms with van der Waals surface area (Å²) >= 11 is 1.60. The number of benzene rings is 1. The molecule has 1 heterocycles. The molecule has 5 nitrogen and oxygen atoms in total. The Kier molecular flexibility index (Phi) is 6.96. The molecule has 0 aliphatic heterocycles. The Morgan fingerprint density at radius 2 is 2.21 bits per heavy atom. The molecule has 0 spiro atoms. The van der Waals surface area contributed by atoms with Crippen LogP contribution in [0.25, 0.3) is 6.08 Å². The molecule has 1 N–H and O–H groups in total. The molecule has 0 saturated heterocycles. The molecule has 0 fully saturated rings. The first-order valence-electron chi connectivity index (χ1n) is 7.69. The van der Waals surface area contributed by atoms with Crippen LogP contribution in [0.3, 0.4) is 0 Å². The number of carbonyl (C=O) groups excluding carboxylic acids is 1. The van der Waals surface area contributed by atoms with Crippen LogP contribution in [-0.2, 0) is 16.1 Å². The van der Waals surface area contributed by atoms with E-state index < -0.39 is 0 Å². The summed E-state index contributed by atoms with van der Waals surface area (Å²) in [5.74, 6) is 0.557. The summed E-state index contributed by atoms with van der Waals surface area (Å²) in [7, 11) is 1.61. The number of aryl methyl sites for hydroxylation is 1. The molecule has 24 heavy (non-hydrogen) atoms. The zero-order valence-corrected chi connectivity index (χ0v) is 14.9. The largest absolute Gasteiger partial charge is 0.487 e. The Hall–Kier alpha value is -2.18. The van der Waals surface area contributed by atoms with Crippen molar-refractivity contribution < 1.29 is 14.3 Å². The van der Waals surface area contributed by atoms with E-state index >= 15 is 0 Å². The predicted octanol–water partition coefficient (Wildman–Crippen LogP) is 3.19. The molecule has 1 aromatic heterocycles. The maximum atomic E-state index is 11.9. The van der Waals surface area contributed by atoms with Crippen molar-refractivity contribution in [3.63, 3.8) is 0 Å². The van der Waals surface area contributed by atoms with Crippen LogP contribution in [0, 0.1) is 6.92 Å². The molecule has 1 atom stereocenters. The van der Waals surface area contributed by atoms with E-state index in [2.05, 4.69) is 10.3 Å². The first kappa shape index (κ1) is 18.2. The van der Waals surface area contributed by atoms with Gasteiger partial charge in [0.05, 0.1) is 17.3 Å². The van der Waals surface area contributed by atoms with Crippen LogP contribution < -0.4 is 10.1 Å². The third-order valence-corrected chi connectivity index (χ3v) is 4.00. The summed E-state index contributed by atoms with van der Waals surface area (Å²) in [5, 5.41) is 5.83. The monoisotopic (exact) mass is 346 g/mol. The van der Waals surface area contributed by atoms with Crippen molar-refractivity contribution >= 4 is 23.3 Å². The van der Waals surface area contributed by atoms with E-state index in [-0.39, 0.29) is 11.9 Å². The van der Waals surface area contributed by atoms with E-state index in [1.54, 1.807) is 24.5 Å². The van der Waals surface area contributed by atoms with Crippen molar-refractivity contribution in [3.8, 4) is 5.75 Å². The highest BCUT2D eigenvalue weighted by molar-refractivity contribution is 7.09. The van der Waals surface area contributed by atoms with Crippen LogP contribution in [0.15, 0.2) is 35.7 Å². The second kappa shape index (κ2) is 9.20. The number of para-hydroxylation sites is 1. The van der Waals surface area contributed by atoms with Gasteiger partial charge in [-0.25, -0.2) is 4.98 Å². The normalized spacial score (nSPS) is 12.3. The summed E-state index contributed by atoms with van der Waals surface area (Å²) in [6, 6.07) is 7.56. The zero-order valence-electron chi connectivity index (χ0n) is 14.1. The quantitative estimate of drug-likeness (QED) is 0.746. The van der Waals surface area contributed by atoms with Crippen LogP contribution in [0.1, 0.15) is 23.2 Å². The average molecular weight is 346 g/mol. The smallest absolute Gasteiger partial charge is 0.244 e. The Morgan fingerprint density at radius 3 is 2.92 bits per heavy atom. The maximum Gasteiger partial charge on any atom is 0.244 e. The highest BCUT2D eigenvalue weighted by Crippen LogP contribution is 2.21. The van der Waals surface area contributed by atoms with Gasteiger partial charge in [0.1, 0.15) is 12.4 Å². The maximum absolute atomic E-state index is 11.9.